The summed E-state index contributed by atoms with van der Waals surface area (Å²) >= 11 is 0. The van der Waals surface area contributed by atoms with E-state index in [1.165, 1.54) is 18.5 Å². The highest BCUT2D eigenvalue weighted by molar-refractivity contribution is 5.63. The van der Waals surface area contributed by atoms with Crippen molar-refractivity contribution in [1.82, 2.24) is 24.3 Å². The molecule has 0 saturated heterocycles. The summed E-state index contributed by atoms with van der Waals surface area (Å²) in [5, 5.41) is 8.47. The van der Waals surface area contributed by atoms with Crippen LogP contribution in [0.15, 0.2) is 98.0 Å². The number of benzene rings is 2. The van der Waals surface area contributed by atoms with Crippen LogP contribution in [-0.4, -0.2) is 24.3 Å². The van der Waals surface area contributed by atoms with Crippen molar-refractivity contribution in [3.8, 4) is 22.8 Å². The molecule has 0 radical (unpaired) electrons. The van der Waals surface area contributed by atoms with E-state index in [-0.39, 0.29) is 0 Å². The molecular weight excluding hydrogens is 398 g/mol. The van der Waals surface area contributed by atoms with E-state index in [9.17, 15) is 0 Å². The van der Waals surface area contributed by atoms with Gasteiger partial charge in [0.1, 0.15) is 6.33 Å². The maximum atomic E-state index is 4.54. The van der Waals surface area contributed by atoms with Gasteiger partial charge in [0.05, 0.1) is 23.4 Å². The first-order valence-electron chi connectivity index (χ1n) is 10.7. The highest BCUT2D eigenvalue weighted by Crippen LogP contribution is 2.39. The van der Waals surface area contributed by atoms with Crippen molar-refractivity contribution >= 4 is 5.69 Å². The van der Waals surface area contributed by atoms with Crippen molar-refractivity contribution < 1.29 is 4.68 Å². The first-order chi connectivity index (χ1) is 15.8. The number of pyridine rings is 1. The quantitative estimate of drug-likeness (QED) is 0.419. The van der Waals surface area contributed by atoms with Gasteiger partial charge in [0.15, 0.2) is 5.82 Å². The number of para-hydroxylation sites is 1. The fraction of sp³-hybridized carbons (Fsp3) is 0.120. The second-order valence-corrected chi connectivity index (χ2v) is 8.00. The fourth-order valence-electron chi connectivity index (χ4n) is 3.82. The minimum atomic E-state index is 0.659. The number of imidazole rings is 1. The second-order valence-electron chi connectivity index (χ2n) is 8.00. The topological polar surface area (TPSA) is 64.4 Å². The van der Waals surface area contributed by atoms with Crippen LogP contribution in [0.2, 0.25) is 0 Å². The lowest BCUT2D eigenvalue weighted by molar-refractivity contribution is -0.642. The monoisotopic (exact) mass is 420 g/mol. The van der Waals surface area contributed by atoms with Crippen LogP contribution in [0.25, 0.3) is 22.8 Å². The van der Waals surface area contributed by atoms with Gasteiger partial charge < -0.3 is 4.57 Å². The van der Waals surface area contributed by atoms with Gasteiger partial charge in [-0.05, 0) is 37.1 Å². The molecule has 0 spiro atoms. The molecule has 1 saturated carbocycles. The van der Waals surface area contributed by atoms with E-state index in [0.717, 1.165) is 28.5 Å². The number of hydrogen-bond acceptors (Lipinski definition) is 4. The molecule has 32 heavy (non-hydrogen) atoms. The van der Waals surface area contributed by atoms with Crippen LogP contribution < -0.4 is 10.1 Å². The van der Waals surface area contributed by atoms with Crippen molar-refractivity contribution in [3.05, 3.63) is 104 Å². The Morgan fingerprint density at radius 2 is 1.72 bits per heavy atom. The number of rotatable bonds is 6. The minimum absolute atomic E-state index is 0.659. The van der Waals surface area contributed by atoms with Crippen molar-refractivity contribution in [2.45, 2.75) is 18.8 Å². The van der Waals surface area contributed by atoms with Crippen molar-refractivity contribution in [2.24, 2.45) is 0 Å². The SMILES string of the molecule is c1ccc(-n2cnnc2-c2cccc(N[n+]3ccc(-n4cnc(C5CC5)c4)cc3)c2)cc1. The Morgan fingerprint density at radius 3 is 2.53 bits per heavy atom. The summed E-state index contributed by atoms with van der Waals surface area (Å²) in [6, 6.07) is 22.4. The summed E-state index contributed by atoms with van der Waals surface area (Å²) in [4.78, 5) is 4.54. The minimum Gasteiger partial charge on any atom is -0.306 e. The number of aromatic nitrogens is 6. The average Bonchev–Trinajstić information content (AvgIpc) is 3.37. The van der Waals surface area contributed by atoms with Crippen LogP contribution >= 0.6 is 0 Å². The molecule has 0 atom stereocenters. The maximum Gasteiger partial charge on any atom is 0.201 e. The van der Waals surface area contributed by atoms with E-state index >= 15 is 0 Å². The van der Waals surface area contributed by atoms with Crippen LogP contribution in [0.4, 0.5) is 5.69 Å². The summed E-state index contributed by atoms with van der Waals surface area (Å²) in [5.41, 5.74) is 8.67. The van der Waals surface area contributed by atoms with Crippen LogP contribution in [0.5, 0.6) is 0 Å². The standard InChI is InChI=1S/C25H22N7/c1-2-7-23(8-3-1)32-18-27-28-25(32)20-5-4-6-21(15-20)29-31-13-11-22(12-14-31)30-16-24(26-17-30)19-9-10-19/h1-8,11-19,29H,9-10H2/q+1. The Bertz CT molecular complexity index is 1350. The molecule has 1 aliphatic rings. The molecule has 0 aliphatic heterocycles. The maximum absolute atomic E-state index is 4.54. The van der Waals surface area contributed by atoms with Crippen molar-refractivity contribution in [2.75, 3.05) is 5.43 Å². The van der Waals surface area contributed by atoms with E-state index < -0.39 is 0 Å². The van der Waals surface area contributed by atoms with Gasteiger partial charge in [-0.15, -0.1) is 10.2 Å². The van der Waals surface area contributed by atoms with Gasteiger partial charge in [-0.1, -0.05) is 35.0 Å². The molecule has 156 valence electrons. The van der Waals surface area contributed by atoms with Gasteiger partial charge in [-0.3, -0.25) is 4.57 Å². The Labute approximate surface area is 185 Å². The van der Waals surface area contributed by atoms with Crippen LogP contribution in [0.3, 0.4) is 0 Å². The predicted octanol–water partition coefficient (Wildman–Crippen LogP) is 4.16. The molecule has 1 aliphatic carbocycles. The van der Waals surface area contributed by atoms with Gasteiger partial charge in [0.25, 0.3) is 0 Å². The molecule has 0 bridgehead atoms. The van der Waals surface area contributed by atoms with Gasteiger partial charge in [0.2, 0.25) is 12.4 Å². The molecule has 7 heteroatoms. The normalized spacial score (nSPS) is 13.2. The zero-order valence-corrected chi connectivity index (χ0v) is 17.4. The van der Waals surface area contributed by atoms with Crippen molar-refractivity contribution in [1.29, 1.82) is 0 Å². The van der Waals surface area contributed by atoms with Gasteiger partial charge in [-0.25, -0.2) is 4.98 Å². The van der Waals surface area contributed by atoms with E-state index in [0.29, 0.717) is 5.92 Å². The number of nitrogens with zero attached hydrogens (tertiary/aromatic N) is 6. The Balaban J connectivity index is 1.22. The summed E-state index contributed by atoms with van der Waals surface area (Å²) < 4.78 is 6.00. The summed E-state index contributed by atoms with van der Waals surface area (Å²) in [5.74, 6) is 1.46. The number of nitrogens with one attached hydrogen (secondary N) is 1. The zero-order valence-electron chi connectivity index (χ0n) is 17.4. The third kappa shape index (κ3) is 3.65. The largest absolute Gasteiger partial charge is 0.306 e. The molecular formula is C25H22N7+. The van der Waals surface area contributed by atoms with Gasteiger partial charge >= 0.3 is 0 Å². The molecule has 0 amide bonds. The van der Waals surface area contributed by atoms with Crippen LogP contribution in [0.1, 0.15) is 24.5 Å². The molecule has 3 aromatic heterocycles. The third-order valence-electron chi connectivity index (χ3n) is 5.67. The van der Waals surface area contributed by atoms with E-state index in [1.54, 1.807) is 6.33 Å². The molecule has 7 nitrogen and oxygen atoms in total. The molecule has 6 rings (SSSR count). The van der Waals surface area contributed by atoms with E-state index in [4.69, 9.17) is 0 Å². The fourth-order valence-corrected chi connectivity index (χ4v) is 3.82. The Hall–Kier alpha value is -4.26. The summed E-state index contributed by atoms with van der Waals surface area (Å²) in [7, 11) is 0. The number of hydrogen-bond donors (Lipinski definition) is 1. The first kappa shape index (κ1) is 18.5. The second kappa shape index (κ2) is 7.77. The number of anilines is 1. The van der Waals surface area contributed by atoms with Gasteiger partial charge in [-0.2, -0.15) is 5.43 Å². The lowest BCUT2D eigenvalue weighted by atomic mass is 10.2. The van der Waals surface area contributed by atoms with Crippen LogP contribution in [0, 0.1) is 0 Å². The average molecular weight is 421 g/mol. The molecule has 0 unspecified atom stereocenters. The third-order valence-corrected chi connectivity index (χ3v) is 5.67. The molecule has 2 aromatic carbocycles. The molecule has 5 aromatic rings. The van der Waals surface area contributed by atoms with Gasteiger partial charge in [0, 0.05) is 35.5 Å². The van der Waals surface area contributed by atoms with E-state index in [2.05, 4.69) is 49.6 Å². The van der Waals surface area contributed by atoms with Crippen molar-refractivity contribution in [3.63, 3.8) is 0 Å². The van der Waals surface area contributed by atoms with Crippen LogP contribution in [-0.2, 0) is 0 Å². The highest BCUT2D eigenvalue weighted by atomic mass is 15.4. The summed E-state index contributed by atoms with van der Waals surface area (Å²) in [6.07, 6.45) is 12.3. The highest BCUT2D eigenvalue weighted by Gasteiger charge is 2.25. The lowest BCUT2D eigenvalue weighted by Gasteiger charge is -2.08. The van der Waals surface area contributed by atoms with E-state index in [1.807, 2.05) is 76.5 Å². The Kier molecular flexibility index (Phi) is 4.50. The first-order valence-corrected chi connectivity index (χ1v) is 10.7. The molecule has 1 N–H and O–H groups in total. The lowest BCUT2D eigenvalue weighted by Crippen LogP contribution is -2.41. The zero-order chi connectivity index (χ0) is 21.3. The summed E-state index contributed by atoms with van der Waals surface area (Å²) in [6.45, 7) is 0. The smallest absolute Gasteiger partial charge is 0.201 e. The molecule has 1 fully saturated rings. The Morgan fingerprint density at radius 1 is 0.875 bits per heavy atom. The molecule has 3 heterocycles. The predicted molar refractivity (Wildman–Crippen MR) is 122 cm³/mol.